The van der Waals surface area contributed by atoms with Crippen LogP contribution in [0, 0.1) is 0 Å². The van der Waals surface area contributed by atoms with Crippen LogP contribution in [0.3, 0.4) is 0 Å². The van der Waals surface area contributed by atoms with Gasteiger partial charge in [-0.25, -0.2) is 0 Å². The van der Waals surface area contributed by atoms with Crippen LogP contribution in [0.5, 0.6) is 17.2 Å². The number of methoxy groups -OCH3 is 3. The molecule has 1 amide bonds. The lowest BCUT2D eigenvalue weighted by Crippen LogP contribution is -2.22. The van der Waals surface area contributed by atoms with Crippen LogP contribution in [0.15, 0.2) is 36.4 Å². The SMILES string of the molecule is COc1ccc(NCC(=O)Nc2ccc(OC)c(Cl)c2)c(OC)c1. The highest BCUT2D eigenvalue weighted by atomic mass is 35.5. The summed E-state index contributed by atoms with van der Waals surface area (Å²) in [6, 6.07) is 10.4. The summed E-state index contributed by atoms with van der Waals surface area (Å²) in [5, 5.41) is 6.21. The first-order valence-electron chi connectivity index (χ1n) is 7.16. The van der Waals surface area contributed by atoms with Gasteiger partial charge in [0.2, 0.25) is 5.91 Å². The Balaban J connectivity index is 1.97. The van der Waals surface area contributed by atoms with E-state index < -0.39 is 0 Å². The van der Waals surface area contributed by atoms with Crippen molar-refractivity contribution < 1.29 is 19.0 Å². The van der Waals surface area contributed by atoms with Crippen molar-refractivity contribution in [2.24, 2.45) is 0 Å². The van der Waals surface area contributed by atoms with Crippen molar-refractivity contribution in [2.75, 3.05) is 38.5 Å². The first-order valence-corrected chi connectivity index (χ1v) is 7.54. The molecule has 0 aliphatic carbocycles. The average molecular weight is 351 g/mol. The largest absolute Gasteiger partial charge is 0.497 e. The van der Waals surface area contributed by atoms with Gasteiger partial charge in [0, 0.05) is 11.8 Å². The summed E-state index contributed by atoms with van der Waals surface area (Å²) in [6.07, 6.45) is 0. The number of nitrogens with one attached hydrogen (secondary N) is 2. The number of hydrogen-bond acceptors (Lipinski definition) is 5. The van der Waals surface area contributed by atoms with Crippen LogP contribution in [0.25, 0.3) is 0 Å². The van der Waals surface area contributed by atoms with E-state index in [1.165, 1.54) is 7.11 Å². The molecule has 0 spiro atoms. The molecule has 0 fully saturated rings. The third kappa shape index (κ3) is 4.45. The molecule has 2 N–H and O–H groups in total. The van der Waals surface area contributed by atoms with E-state index in [9.17, 15) is 4.79 Å². The summed E-state index contributed by atoms with van der Waals surface area (Å²) >= 11 is 6.03. The molecule has 0 aliphatic rings. The molecule has 0 saturated carbocycles. The maximum atomic E-state index is 12.1. The zero-order valence-electron chi connectivity index (χ0n) is 13.7. The van der Waals surface area contributed by atoms with Crippen molar-refractivity contribution in [1.29, 1.82) is 0 Å². The topological polar surface area (TPSA) is 68.8 Å². The van der Waals surface area contributed by atoms with Crippen molar-refractivity contribution in [1.82, 2.24) is 0 Å². The molecule has 24 heavy (non-hydrogen) atoms. The molecule has 0 aromatic heterocycles. The molecule has 2 rings (SSSR count). The Morgan fingerprint density at radius 3 is 2.38 bits per heavy atom. The zero-order valence-corrected chi connectivity index (χ0v) is 14.4. The van der Waals surface area contributed by atoms with Crippen LogP contribution in [-0.2, 0) is 4.79 Å². The lowest BCUT2D eigenvalue weighted by molar-refractivity contribution is -0.114. The fourth-order valence-corrected chi connectivity index (χ4v) is 2.33. The minimum Gasteiger partial charge on any atom is -0.497 e. The number of hydrogen-bond donors (Lipinski definition) is 2. The van der Waals surface area contributed by atoms with E-state index in [1.807, 2.05) is 0 Å². The molecule has 0 saturated heterocycles. The second-order valence-corrected chi connectivity index (χ2v) is 5.22. The summed E-state index contributed by atoms with van der Waals surface area (Å²) in [4.78, 5) is 12.1. The van der Waals surface area contributed by atoms with Gasteiger partial charge in [0.15, 0.2) is 0 Å². The van der Waals surface area contributed by atoms with Gasteiger partial charge < -0.3 is 24.8 Å². The third-order valence-corrected chi connectivity index (χ3v) is 3.58. The Kier molecular flexibility index (Phi) is 6.14. The normalized spacial score (nSPS) is 10.0. The van der Waals surface area contributed by atoms with Crippen molar-refractivity contribution in [3.05, 3.63) is 41.4 Å². The first-order chi connectivity index (χ1) is 11.6. The second kappa shape index (κ2) is 8.31. The highest BCUT2D eigenvalue weighted by Gasteiger charge is 2.08. The van der Waals surface area contributed by atoms with E-state index in [0.29, 0.717) is 33.6 Å². The molecule has 0 unspecified atom stereocenters. The van der Waals surface area contributed by atoms with Crippen molar-refractivity contribution >= 4 is 28.9 Å². The minimum absolute atomic E-state index is 0.0757. The average Bonchev–Trinajstić information content (AvgIpc) is 2.60. The standard InChI is InChI=1S/C17H19ClN2O4/c1-22-12-5-6-14(16(9-12)24-3)19-10-17(21)20-11-4-7-15(23-2)13(18)8-11/h4-9,19H,10H2,1-3H3,(H,20,21). The molecule has 128 valence electrons. The summed E-state index contributed by atoms with van der Waals surface area (Å²) < 4.78 is 15.5. The van der Waals surface area contributed by atoms with E-state index >= 15 is 0 Å². The van der Waals surface area contributed by atoms with Gasteiger partial charge in [0.05, 0.1) is 38.6 Å². The summed E-state index contributed by atoms with van der Waals surface area (Å²) in [6.45, 7) is 0.0757. The number of ether oxygens (including phenoxy) is 3. The number of carbonyl (C=O) groups is 1. The van der Waals surface area contributed by atoms with Gasteiger partial charge in [-0.3, -0.25) is 4.79 Å². The van der Waals surface area contributed by atoms with Crippen molar-refractivity contribution in [2.45, 2.75) is 0 Å². The zero-order chi connectivity index (χ0) is 17.5. The van der Waals surface area contributed by atoms with Crippen LogP contribution >= 0.6 is 11.6 Å². The fourth-order valence-electron chi connectivity index (χ4n) is 2.07. The van der Waals surface area contributed by atoms with E-state index in [1.54, 1.807) is 50.6 Å². The van der Waals surface area contributed by atoms with E-state index in [-0.39, 0.29) is 12.5 Å². The van der Waals surface area contributed by atoms with Crippen molar-refractivity contribution in [3.63, 3.8) is 0 Å². The Morgan fingerprint density at radius 1 is 1.00 bits per heavy atom. The summed E-state index contributed by atoms with van der Waals surface area (Å²) in [5.41, 5.74) is 1.29. The van der Waals surface area contributed by atoms with E-state index in [4.69, 9.17) is 25.8 Å². The molecule has 2 aromatic rings. The number of amides is 1. The summed E-state index contributed by atoms with van der Waals surface area (Å²) in [7, 11) is 4.67. The number of benzene rings is 2. The predicted octanol–water partition coefficient (Wildman–Crippen LogP) is 3.42. The Morgan fingerprint density at radius 2 is 1.75 bits per heavy atom. The maximum absolute atomic E-state index is 12.1. The van der Waals surface area contributed by atoms with Gasteiger partial charge in [0.25, 0.3) is 0 Å². The van der Waals surface area contributed by atoms with Gasteiger partial charge in [-0.2, -0.15) is 0 Å². The highest BCUT2D eigenvalue weighted by Crippen LogP contribution is 2.29. The van der Waals surface area contributed by atoms with Crippen LogP contribution in [0.1, 0.15) is 0 Å². The monoisotopic (exact) mass is 350 g/mol. The van der Waals surface area contributed by atoms with Gasteiger partial charge in [-0.15, -0.1) is 0 Å². The molecule has 0 heterocycles. The predicted molar refractivity (Wildman–Crippen MR) is 94.7 cm³/mol. The van der Waals surface area contributed by atoms with Gasteiger partial charge in [0.1, 0.15) is 17.2 Å². The molecule has 2 aromatic carbocycles. The molecular formula is C17H19ClN2O4. The van der Waals surface area contributed by atoms with Crippen LogP contribution in [-0.4, -0.2) is 33.8 Å². The van der Waals surface area contributed by atoms with Crippen LogP contribution < -0.4 is 24.8 Å². The number of rotatable bonds is 7. The number of anilines is 2. The number of carbonyl (C=O) groups excluding carboxylic acids is 1. The second-order valence-electron chi connectivity index (χ2n) is 4.82. The Hall–Kier alpha value is -2.60. The lowest BCUT2D eigenvalue weighted by Gasteiger charge is -2.13. The molecule has 0 aliphatic heterocycles. The smallest absolute Gasteiger partial charge is 0.243 e. The highest BCUT2D eigenvalue weighted by molar-refractivity contribution is 6.32. The molecule has 0 radical (unpaired) electrons. The van der Waals surface area contributed by atoms with E-state index in [2.05, 4.69) is 10.6 Å². The Labute approximate surface area is 145 Å². The van der Waals surface area contributed by atoms with Gasteiger partial charge in [-0.1, -0.05) is 11.6 Å². The fraction of sp³-hybridized carbons (Fsp3) is 0.235. The Bertz CT molecular complexity index is 722. The minimum atomic E-state index is -0.214. The third-order valence-electron chi connectivity index (χ3n) is 3.28. The molecule has 6 nitrogen and oxygen atoms in total. The van der Waals surface area contributed by atoms with E-state index in [0.717, 1.165) is 0 Å². The molecule has 0 atom stereocenters. The lowest BCUT2D eigenvalue weighted by atomic mass is 10.2. The van der Waals surface area contributed by atoms with Crippen LogP contribution in [0.4, 0.5) is 11.4 Å². The molecule has 7 heteroatoms. The first kappa shape index (κ1) is 17.7. The number of halogens is 1. The van der Waals surface area contributed by atoms with Crippen LogP contribution in [0.2, 0.25) is 5.02 Å². The van der Waals surface area contributed by atoms with Crippen molar-refractivity contribution in [3.8, 4) is 17.2 Å². The maximum Gasteiger partial charge on any atom is 0.243 e. The molecule has 0 bridgehead atoms. The quantitative estimate of drug-likeness (QED) is 0.800. The molecular weight excluding hydrogens is 332 g/mol. The summed E-state index contributed by atoms with van der Waals surface area (Å²) in [5.74, 6) is 1.61. The van der Waals surface area contributed by atoms with Gasteiger partial charge in [-0.05, 0) is 30.3 Å². The van der Waals surface area contributed by atoms with Gasteiger partial charge >= 0.3 is 0 Å².